The molecule has 0 unspecified atom stereocenters. The van der Waals surface area contributed by atoms with Crippen LogP contribution in [0, 0.1) is 0 Å². The standard InChI is InChI=1S/C9H5F3O4/c10-9(11,12)5-1-3-6(4-2-5)16-8(15)7(13)14/h1-4H,(H,13,14). The summed E-state index contributed by atoms with van der Waals surface area (Å²) in [5.74, 6) is -3.64. The van der Waals surface area contributed by atoms with Crippen LogP contribution in [0.3, 0.4) is 0 Å². The second-order valence-corrected chi connectivity index (χ2v) is 2.72. The Morgan fingerprint density at radius 2 is 1.62 bits per heavy atom. The van der Waals surface area contributed by atoms with Gasteiger partial charge in [0.1, 0.15) is 5.75 Å². The van der Waals surface area contributed by atoms with Gasteiger partial charge in [0.15, 0.2) is 0 Å². The second-order valence-electron chi connectivity index (χ2n) is 2.72. The fourth-order valence-electron chi connectivity index (χ4n) is 0.863. The number of hydrogen-bond acceptors (Lipinski definition) is 3. The minimum absolute atomic E-state index is 0.264. The van der Waals surface area contributed by atoms with Gasteiger partial charge in [-0.2, -0.15) is 13.2 Å². The van der Waals surface area contributed by atoms with Crippen molar-refractivity contribution >= 4 is 11.9 Å². The zero-order valence-electron chi connectivity index (χ0n) is 7.62. The zero-order chi connectivity index (χ0) is 12.3. The normalized spacial score (nSPS) is 10.9. The SMILES string of the molecule is O=C(O)C(=O)Oc1ccc(C(F)(F)F)cc1. The lowest BCUT2D eigenvalue weighted by Gasteiger charge is -2.06. The first kappa shape index (κ1) is 12.0. The molecule has 1 aromatic rings. The van der Waals surface area contributed by atoms with Crippen LogP contribution in [0.5, 0.6) is 5.75 Å². The first-order valence-corrected chi connectivity index (χ1v) is 3.93. The summed E-state index contributed by atoms with van der Waals surface area (Å²) in [5, 5.41) is 8.17. The third kappa shape index (κ3) is 2.97. The molecule has 0 bridgehead atoms. The summed E-state index contributed by atoms with van der Waals surface area (Å²) >= 11 is 0. The summed E-state index contributed by atoms with van der Waals surface area (Å²) in [6.45, 7) is 0. The average Bonchev–Trinajstić information content (AvgIpc) is 2.17. The Bertz CT molecular complexity index is 408. The van der Waals surface area contributed by atoms with E-state index in [1.165, 1.54) is 0 Å². The van der Waals surface area contributed by atoms with Crippen molar-refractivity contribution < 1.29 is 32.6 Å². The predicted molar refractivity (Wildman–Crippen MR) is 44.7 cm³/mol. The van der Waals surface area contributed by atoms with Gasteiger partial charge in [0.2, 0.25) is 0 Å². The summed E-state index contributed by atoms with van der Waals surface area (Å²) in [7, 11) is 0. The Hall–Kier alpha value is -2.05. The maximum atomic E-state index is 12.1. The fourth-order valence-corrected chi connectivity index (χ4v) is 0.863. The van der Waals surface area contributed by atoms with Crippen LogP contribution in [0.4, 0.5) is 13.2 Å². The smallest absolute Gasteiger partial charge is 0.422 e. The maximum Gasteiger partial charge on any atom is 0.422 e. The first-order chi connectivity index (χ1) is 7.30. The van der Waals surface area contributed by atoms with Gasteiger partial charge in [-0.25, -0.2) is 9.59 Å². The Balaban J connectivity index is 2.80. The van der Waals surface area contributed by atoms with Crippen molar-refractivity contribution in [1.82, 2.24) is 0 Å². The Morgan fingerprint density at radius 3 is 2.00 bits per heavy atom. The van der Waals surface area contributed by atoms with Crippen LogP contribution in [0.2, 0.25) is 0 Å². The van der Waals surface area contributed by atoms with E-state index in [-0.39, 0.29) is 5.75 Å². The Morgan fingerprint density at radius 1 is 1.12 bits per heavy atom. The highest BCUT2D eigenvalue weighted by atomic mass is 19.4. The van der Waals surface area contributed by atoms with E-state index in [4.69, 9.17) is 5.11 Å². The summed E-state index contributed by atoms with van der Waals surface area (Å²) in [6.07, 6.45) is -4.49. The molecule has 0 aliphatic rings. The molecular formula is C9H5F3O4. The van der Waals surface area contributed by atoms with Crippen molar-refractivity contribution in [2.24, 2.45) is 0 Å². The minimum atomic E-state index is -4.49. The van der Waals surface area contributed by atoms with Crippen molar-refractivity contribution in [3.63, 3.8) is 0 Å². The molecule has 0 radical (unpaired) electrons. The van der Waals surface area contributed by atoms with E-state index in [0.29, 0.717) is 12.1 Å². The molecule has 0 aliphatic heterocycles. The number of alkyl halides is 3. The van der Waals surface area contributed by atoms with Crippen LogP contribution >= 0.6 is 0 Å². The molecule has 0 atom stereocenters. The first-order valence-electron chi connectivity index (χ1n) is 3.93. The van der Waals surface area contributed by atoms with Gasteiger partial charge in [-0.15, -0.1) is 0 Å². The minimum Gasteiger partial charge on any atom is -0.473 e. The molecule has 1 N–H and O–H groups in total. The molecule has 1 aromatic carbocycles. The van der Waals surface area contributed by atoms with Crippen molar-refractivity contribution in [3.05, 3.63) is 29.8 Å². The molecule has 0 amide bonds. The topological polar surface area (TPSA) is 63.6 Å². The predicted octanol–water partition coefficient (Wildman–Crippen LogP) is 1.70. The van der Waals surface area contributed by atoms with Crippen molar-refractivity contribution in [2.45, 2.75) is 6.18 Å². The van der Waals surface area contributed by atoms with Crippen LogP contribution < -0.4 is 4.74 Å². The van der Waals surface area contributed by atoms with Crippen molar-refractivity contribution in [3.8, 4) is 5.75 Å². The number of ether oxygens (including phenoxy) is 1. The van der Waals surface area contributed by atoms with Gasteiger partial charge in [0, 0.05) is 0 Å². The van der Waals surface area contributed by atoms with Crippen LogP contribution in [0.1, 0.15) is 5.56 Å². The number of carboxylic acids is 1. The third-order valence-corrected chi connectivity index (χ3v) is 1.57. The highest BCUT2D eigenvalue weighted by Crippen LogP contribution is 2.30. The summed E-state index contributed by atoms with van der Waals surface area (Å²) in [5.41, 5.74) is -0.914. The van der Waals surface area contributed by atoms with E-state index < -0.39 is 23.7 Å². The summed E-state index contributed by atoms with van der Waals surface area (Å²) in [6, 6.07) is 3.10. The van der Waals surface area contributed by atoms with E-state index in [9.17, 15) is 22.8 Å². The molecule has 16 heavy (non-hydrogen) atoms. The van der Waals surface area contributed by atoms with E-state index in [1.54, 1.807) is 0 Å². The molecule has 0 saturated carbocycles. The van der Waals surface area contributed by atoms with Crippen LogP contribution in [0.25, 0.3) is 0 Å². The maximum absolute atomic E-state index is 12.1. The molecule has 0 aliphatic carbocycles. The fraction of sp³-hybridized carbons (Fsp3) is 0.111. The molecular weight excluding hydrogens is 229 g/mol. The van der Waals surface area contributed by atoms with Gasteiger partial charge in [0.25, 0.3) is 0 Å². The number of rotatable bonds is 1. The molecule has 0 saturated heterocycles. The van der Waals surface area contributed by atoms with Crippen LogP contribution in [-0.4, -0.2) is 17.0 Å². The number of hydrogen-bond donors (Lipinski definition) is 1. The van der Waals surface area contributed by atoms with E-state index >= 15 is 0 Å². The van der Waals surface area contributed by atoms with Gasteiger partial charge in [-0.3, -0.25) is 0 Å². The van der Waals surface area contributed by atoms with Crippen LogP contribution in [-0.2, 0) is 15.8 Å². The molecule has 7 heteroatoms. The van der Waals surface area contributed by atoms with Crippen LogP contribution in [0.15, 0.2) is 24.3 Å². The van der Waals surface area contributed by atoms with Gasteiger partial charge in [-0.1, -0.05) is 0 Å². The summed E-state index contributed by atoms with van der Waals surface area (Å²) < 4.78 is 40.6. The molecule has 0 heterocycles. The lowest BCUT2D eigenvalue weighted by molar-refractivity contribution is -0.158. The van der Waals surface area contributed by atoms with E-state index in [1.807, 2.05) is 0 Å². The summed E-state index contributed by atoms with van der Waals surface area (Å²) in [4.78, 5) is 20.6. The number of carbonyl (C=O) groups excluding carboxylic acids is 1. The lowest BCUT2D eigenvalue weighted by Crippen LogP contribution is -2.19. The van der Waals surface area contributed by atoms with E-state index in [0.717, 1.165) is 12.1 Å². The van der Waals surface area contributed by atoms with E-state index in [2.05, 4.69) is 4.74 Å². The molecule has 0 aromatic heterocycles. The highest BCUT2D eigenvalue weighted by molar-refractivity contribution is 6.29. The lowest BCUT2D eigenvalue weighted by atomic mass is 10.2. The molecule has 0 fully saturated rings. The number of esters is 1. The third-order valence-electron chi connectivity index (χ3n) is 1.57. The monoisotopic (exact) mass is 234 g/mol. The largest absolute Gasteiger partial charge is 0.473 e. The quantitative estimate of drug-likeness (QED) is 0.456. The van der Waals surface area contributed by atoms with Gasteiger partial charge < -0.3 is 9.84 Å². The zero-order valence-corrected chi connectivity index (χ0v) is 7.62. The van der Waals surface area contributed by atoms with Gasteiger partial charge in [0.05, 0.1) is 5.56 Å². The number of carboxylic acid groups (broad SMARTS) is 1. The van der Waals surface area contributed by atoms with Gasteiger partial charge in [-0.05, 0) is 24.3 Å². The molecule has 1 rings (SSSR count). The molecule has 0 spiro atoms. The van der Waals surface area contributed by atoms with Crippen molar-refractivity contribution in [1.29, 1.82) is 0 Å². The Kier molecular flexibility index (Phi) is 3.17. The van der Waals surface area contributed by atoms with Crippen molar-refractivity contribution in [2.75, 3.05) is 0 Å². The van der Waals surface area contributed by atoms with Gasteiger partial charge >= 0.3 is 18.1 Å². The number of halogens is 3. The Labute approximate surface area is 87.3 Å². The number of aliphatic carboxylic acids is 1. The molecule has 4 nitrogen and oxygen atoms in total. The molecule has 86 valence electrons. The average molecular weight is 234 g/mol. The number of carbonyl (C=O) groups is 2. The number of benzene rings is 1. The highest BCUT2D eigenvalue weighted by Gasteiger charge is 2.30. The second kappa shape index (κ2) is 4.21.